The Morgan fingerprint density at radius 1 is 1.05 bits per heavy atom. The Bertz CT molecular complexity index is 1730. The Morgan fingerprint density at radius 3 is 2.51 bits per heavy atom. The summed E-state index contributed by atoms with van der Waals surface area (Å²) < 4.78 is 0. The van der Waals surface area contributed by atoms with Gasteiger partial charge in [-0.1, -0.05) is 42.5 Å². The first-order chi connectivity index (χ1) is 20.0. The van der Waals surface area contributed by atoms with Gasteiger partial charge in [0.2, 0.25) is 5.91 Å². The van der Waals surface area contributed by atoms with Gasteiger partial charge in [-0.15, -0.1) is 0 Å². The van der Waals surface area contributed by atoms with Crippen LogP contribution in [0.3, 0.4) is 0 Å². The van der Waals surface area contributed by atoms with Gasteiger partial charge >= 0.3 is 0 Å². The van der Waals surface area contributed by atoms with Crippen LogP contribution in [0.4, 0.5) is 11.4 Å². The molecule has 0 spiro atoms. The predicted octanol–water partition coefficient (Wildman–Crippen LogP) is 5.59. The van der Waals surface area contributed by atoms with E-state index in [0.29, 0.717) is 35.4 Å². The molecule has 2 unspecified atom stereocenters. The number of anilines is 1. The summed E-state index contributed by atoms with van der Waals surface area (Å²) in [7, 11) is 4.00. The number of benzene rings is 3. The van der Waals surface area contributed by atoms with Gasteiger partial charge in [0.15, 0.2) is 5.88 Å². The first kappa shape index (κ1) is 25.3. The maximum absolute atomic E-state index is 13.0. The van der Waals surface area contributed by atoms with Crippen LogP contribution in [0, 0.1) is 17.8 Å². The highest BCUT2D eigenvalue weighted by atomic mass is 16.3. The van der Waals surface area contributed by atoms with Crippen molar-refractivity contribution in [3.63, 3.8) is 0 Å². The molecular formula is C33H32N6O2. The van der Waals surface area contributed by atoms with Gasteiger partial charge in [0.1, 0.15) is 0 Å². The fourth-order valence-corrected chi connectivity index (χ4v) is 6.39. The average molecular weight is 545 g/mol. The number of likely N-dealkylation sites (tertiary alicyclic amines) is 1. The molecule has 2 atom stereocenters. The molecule has 206 valence electrons. The highest BCUT2D eigenvalue weighted by Crippen LogP contribution is 2.53. The number of aromatic amines is 2. The number of amides is 1. The minimum Gasteiger partial charge on any atom is -0.494 e. The zero-order valence-electron chi connectivity index (χ0n) is 23.1. The first-order valence-corrected chi connectivity index (χ1v) is 14.0. The monoisotopic (exact) mass is 544 g/mol. The molecule has 1 saturated carbocycles. The lowest BCUT2D eigenvalue weighted by Gasteiger charge is -2.19. The third-order valence-corrected chi connectivity index (χ3v) is 8.69. The van der Waals surface area contributed by atoms with Gasteiger partial charge in [0.05, 0.1) is 22.7 Å². The largest absolute Gasteiger partial charge is 0.494 e. The van der Waals surface area contributed by atoms with Crippen LogP contribution < -0.4 is 4.90 Å². The van der Waals surface area contributed by atoms with Crippen molar-refractivity contribution in [1.29, 1.82) is 0 Å². The molecule has 3 aromatic carbocycles. The van der Waals surface area contributed by atoms with Crippen LogP contribution in [0.25, 0.3) is 22.2 Å². The van der Waals surface area contributed by atoms with Crippen molar-refractivity contribution in [2.75, 3.05) is 32.1 Å². The van der Waals surface area contributed by atoms with E-state index in [0.717, 1.165) is 52.2 Å². The molecule has 8 nitrogen and oxygen atoms in total. The molecule has 5 aromatic rings. The Balaban J connectivity index is 1.18. The van der Waals surface area contributed by atoms with Crippen LogP contribution >= 0.6 is 0 Å². The zero-order valence-corrected chi connectivity index (χ0v) is 23.1. The molecule has 1 saturated heterocycles. The summed E-state index contributed by atoms with van der Waals surface area (Å²) in [6, 6.07) is 25.5. The normalized spacial score (nSPS) is 20.3. The van der Waals surface area contributed by atoms with Gasteiger partial charge in [-0.05, 0) is 61.2 Å². The molecule has 2 aliphatic rings. The summed E-state index contributed by atoms with van der Waals surface area (Å²) in [5.74, 6) is 2.11. The van der Waals surface area contributed by atoms with Crippen molar-refractivity contribution in [3.8, 4) is 17.1 Å². The van der Waals surface area contributed by atoms with Gasteiger partial charge in [-0.2, -0.15) is 5.10 Å². The van der Waals surface area contributed by atoms with E-state index in [-0.39, 0.29) is 11.8 Å². The number of fused-ring (bicyclic) bond motifs is 2. The number of carbonyl (C=O) groups is 1. The van der Waals surface area contributed by atoms with Crippen molar-refractivity contribution in [3.05, 3.63) is 96.2 Å². The fraction of sp³-hybridized carbons (Fsp3) is 0.242. The Morgan fingerprint density at radius 2 is 1.80 bits per heavy atom. The quantitative estimate of drug-likeness (QED) is 0.233. The third-order valence-electron chi connectivity index (χ3n) is 8.69. The van der Waals surface area contributed by atoms with E-state index in [9.17, 15) is 9.90 Å². The number of hydrogen-bond acceptors (Lipinski definition) is 5. The number of aromatic hydroxyl groups is 1. The summed E-state index contributed by atoms with van der Waals surface area (Å²) in [6.07, 6.45) is 2.33. The molecule has 1 aliphatic carbocycles. The second kappa shape index (κ2) is 10.1. The smallest absolute Gasteiger partial charge is 0.227 e. The van der Waals surface area contributed by atoms with Crippen molar-refractivity contribution in [2.45, 2.75) is 6.42 Å². The Labute approximate surface area is 238 Å². The maximum atomic E-state index is 13.0. The lowest BCUT2D eigenvalue weighted by atomic mass is 9.99. The number of rotatable bonds is 7. The molecule has 2 fully saturated rings. The fourth-order valence-electron chi connectivity index (χ4n) is 6.39. The van der Waals surface area contributed by atoms with Gasteiger partial charge in [-0.3, -0.25) is 9.89 Å². The van der Waals surface area contributed by atoms with E-state index in [4.69, 9.17) is 4.99 Å². The maximum Gasteiger partial charge on any atom is 0.227 e. The van der Waals surface area contributed by atoms with Gasteiger partial charge < -0.3 is 19.9 Å². The van der Waals surface area contributed by atoms with Crippen molar-refractivity contribution in [2.24, 2.45) is 22.7 Å². The standard InChI is InChI=1S/C33H32N6O2/c1-38-18-26-25(27(26)19-38)17-30(40)39(2)23-11-9-22(10-12-23)35-32(20-6-4-3-5-7-20)31-24-13-8-21(28-14-15-34-37-28)16-29(24)36-33(31)41/h3-16,25-27,36,41H,17-19H2,1-2H3,(H,34,37). The van der Waals surface area contributed by atoms with E-state index < -0.39 is 0 Å². The minimum absolute atomic E-state index is 0.0577. The Kier molecular flexibility index (Phi) is 6.20. The second-order valence-corrected chi connectivity index (χ2v) is 11.3. The molecule has 0 bridgehead atoms. The zero-order chi connectivity index (χ0) is 28.1. The summed E-state index contributed by atoms with van der Waals surface area (Å²) in [5, 5.41) is 19.0. The number of nitrogens with zero attached hydrogens (tertiary/aromatic N) is 4. The van der Waals surface area contributed by atoms with Crippen LogP contribution in [-0.4, -0.2) is 64.0 Å². The lowest BCUT2D eigenvalue weighted by molar-refractivity contribution is -0.118. The van der Waals surface area contributed by atoms with E-state index >= 15 is 0 Å². The van der Waals surface area contributed by atoms with E-state index in [1.54, 1.807) is 11.1 Å². The van der Waals surface area contributed by atoms with Gasteiger partial charge in [0, 0.05) is 60.5 Å². The first-order valence-electron chi connectivity index (χ1n) is 14.0. The van der Waals surface area contributed by atoms with Crippen LogP contribution in [0.15, 0.2) is 90.1 Å². The van der Waals surface area contributed by atoms with Crippen LogP contribution in [0.5, 0.6) is 5.88 Å². The molecular weight excluding hydrogens is 512 g/mol. The van der Waals surface area contributed by atoms with E-state index in [1.807, 2.05) is 85.9 Å². The lowest BCUT2D eigenvalue weighted by Crippen LogP contribution is -2.28. The second-order valence-electron chi connectivity index (χ2n) is 11.3. The third kappa shape index (κ3) is 4.70. The highest BCUT2D eigenvalue weighted by Gasteiger charge is 2.55. The van der Waals surface area contributed by atoms with Gasteiger partial charge in [0.25, 0.3) is 0 Å². The minimum atomic E-state index is 0.0577. The number of aromatic nitrogens is 3. The predicted molar refractivity (Wildman–Crippen MR) is 162 cm³/mol. The molecule has 1 aliphatic heterocycles. The van der Waals surface area contributed by atoms with Gasteiger partial charge in [-0.25, -0.2) is 4.99 Å². The summed E-state index contributed by atoms with van der Waals surface area (Å²) >= 11 is 0. The molecule has 8 heteroatoms. The molecule has 2 aromatic heterocycles. The van der Waals surface area contributed by atoms with Crippen LogP contribution in [-0.2, 0) is 4.79 Å². The molecule has 3 heterocycles. The number of piperidine rings is 1. The molecule has 7 rings (SSSR count). The van der Waals surface area contributed by atoms with Crippen LogP contribution in [0.2, 0.25) is 0 Å². The number of aliphatic imine (C=N–C) groups is 1. The summed E-state index contributed by atoms with van der Waals surface area (Å²) in [5.41, 5.74) is 6.43. The summed E-state index contributed by atoms with van der Waals surface area (Å²) in [6.45, 7) is 2.22. The highest BCUT2D eigenvalue weighted by molar-refractivity contribution is 6.22. The van der Waals surface area contributed by atoms with Crippen molar-refractivity contribution in [1.82, 2.24) is 20.1 Å². The number of carbonyl (C=O) groups excluding carboxylic acids is 1. The average Bonchev–Trinajstić information content (AvgIpc) is 3.45. The number of hydrogen-bond donors (Lipinski definition) is 3. The molecule has 3 N–H and O–H groups in total. The van der Waals surface area contributed by atoms with Crippen LogP contribution in [0.1, 0.15) is 17.5 Å². The molecule has 41 heavy (non-hydrogen) atoms. The van der Waals surface area contributed by atoms with E-state index in [1.165, 1.54) is 0 Å². The molecule has 0 radical (unpaired) electrons. The summed E-state index contributed by atoms with van der Waals surface area (Å²) in [4.78, 5) is 25.3. The molecule has 1 amide bonds. The number of H-pyrrole nitrogens is 2. The van der Waals surface area contributed by atoms with E-state index in [2.05, 4.69) is 27.1 Å². The van der Waals surface area contributed by atoms with Crippen molar-refractivity contribution < 1.29 is 9.90 Å². The SMILES string of the molecule is CN1CC2C(CC(=O)N(C)c3ccc(N=C(c4ccccc4)c4c(O)[nH]c5cc(-c6ccn[nH]6)ccc45)cc3)C2C1. The topological polar surface area (TPSA) is 101 Å². The Hall–Kier alpha value is -4.69. The van der Waals surface area contributed by atoms with Crippen molar-refractivity contribution >= 4 is 33.9 Å². The number of nitrogens with one attached hydrogen (secondary N) is 2.